The summed E-state index contributed by atoms with van der Waals surface area (Å²) in [6.07, 6.45) is 1.05. The molecule has 1 aromatic carbocycles. The molecule has 0 saturated heterocycles. The molecule has 6 nitrogen and oxygen atoms in total. The summed E-state index contributed by atoms with van der Waals surface area (Å²) in [5.41, 5.74) is 0.785. The first-order valence-corrected chi connectivity index (χ1v) is 12.0. The first-order valence-electron chi connectivity index (χ1n) is 7.02. The first kappa shape index (κ1) is 20.2. The first-order chi connectivity index (χ1) is 10.5. The molecule has 0 spiro atoms. The zero-order valence-corrected chi connectivity index (χ0v) is 16.5. The summed E-state index contributed by atoms with van der Waals surface area (Å²) in [6, 6.07) is 9.06. The Morgan fingerprint density at radius 3 is 2.17 bits per heavy atom. The third-order valence-electron chi connectivity index (χ3n) is 3.12. The Balaban J connectivity index is 3.11. The molecular weight excluding hydrogens is 355 g/mol. The van der Waals surface area contributed by atoms with Gasteiger partial charge in [-0.1, -0.05) is 55.6 Å². The molecule has 0 aliphatic carbocycles. The van der Waals surface area contributed by atoms with E-state index >= 15 is 0 Å². The van der Waals surface area contributed by atoms with Gasteiger partial charge in [-0.15, -0.1) is 4.08 Å². The van der Waals surface area contributed by atoms with E-state index in [9.17, 15) is 17.8 Å². The van der Waals surface area contributed by atoms with E-state index < -0.39 is 16.7 Å². The number of nitrogens with zero attached hydrogens (tertiary/aromatic N) is 2. The molecule has 1 amide bonds. The zero-order valence-electron chi connectivity index (χ0n) is 14.0. The van der Waals surface area contributed by atoms with Crippen LogP contribution >= 0.6 is 18.0 Å². The van der Waals surface area contributed by atoms with Crippen LogP contribution in [0, 0.1) is 0 Å². The molecule has 0 aliphatic rings. The number of rotatable bonds is 7. The van der Waals surface area contributed by atoms with Gasteiger partial charge >= 0.3 is 6.65 Å². The van der Waals surface area contributed by atoms with Gasteiger partial charge in [-0.05, 0) is 5.56 Å². The number of hydrogen-bond acceptors (Lipinski definition) is 5. The number of benzene rings is 1. The van der Waals surface area contributed by atoms with E-state index in [0.717, 1.165) is 31.9 Å². The lowest BCUT2D eigenvalue weighted by Crippen LogP contribution is -2.34. The Hall–Kier alpha value is -0.820. The molecule has 0 fully saturated rings. The maximum atomic E-state index is 13.3. The molecule has 1 aromatic rings. The van der Waals surface area contributed by atoms with Crippen molar-refractivity contribution in [2.45, 2.75) is 25.5 Å². The van der Waals surface area contributed by atoms with Crippen LogP contribution in [0.15, 0.2) is 30.3 Å². The normalized spacial score (nSPS) is 14.7. The van der Waals surface area contributed by atoms with Gasteiger partial charge in [0.2, 0.25) is 15.9 Å². The van der Waals surface area contributed by atoms with Gasteiger partial charge in [0.05, 0.1) is 12.7 Å². The van der Waals surface area contributed by atoms with Crippen LogP contribution in [-0.2, 0) is 25.8 Å². The van der Waals surface area contributed by atoms with Crippen molar-refractivity contribution in [3.63, 3.8) is 0 Å². The Bertz CT molecular complexity index is 692. The smallest absolute Gasteiger partial charge is 0.275 e. The molecule has 0 aromatic heterocycles. The lowest BCUT2D eigenvalue weighted by molar-refractivity contribution is -0.125. The molecule has 130 valence electrons. The van der Waals surface area contributed by atoms with Gasteiger partial charge in [-0.2, -0.15) is 0 Å². The van der Waals surface area contributed by atoms with Crippen LogP contribution in [0.5, 0.6) is 0 Å². The van der Waals surface area contributed by atoms with Gasteiger partial charge in [0, 0.05) is 19.3 Å². The van der Waals surface area contributed by atoms with Crippen LogP contribution in [0.2, 0.25) is 0 Å². The molecule has 1 atom stereocenters. The lowest BCUT2D eigenvalue weighted by atomic mass is 10.1. The lowest BCUT2D eigenvalue weighted by Gasteiger charge is -2.34. The third kappa shape index (κ3) is 5.35. The molecule has 1 rings (SSSR count). The second-order valence-electron chi connectivity index (χ2n) is 5.42. The topological polar surface area (TPSA) is 74.8 Å². The second-order valence-corrected chi connectivity index (χ2v) is 13.1. The van der Waals surface area contributed by atoms with Gasteiger partial charge in [0.15, 0.2) is 0 Å². The van der Waals surface area contributed by atoms with Crippen molar-refractivity contribution in [2.75, 3.05) is 20.4 Å². The fourth-order valence-electron chi connectivity index (χ4n) is 1.81. The van der Waals surface area contributed by atoms with Crippen molar-refractivity contribution in [1.29, 1.82) is 0 Å². The number of sulfonamides is 1. The summed E-state index contributed by atoms with van der Waals surface area (Å²) in [5, 5.41) is -0.1000. The van der Waals surface area contributed by atoms with E-state index in [0.29, 0.717) is 0 Å². The number of amides is 1. The Morgan fingerprint density at radius 1 is 1.22 bits per heavy atom. The van der Waals surface area contributed by atoms with Gasteiger partial charge in [-0.3, -0.25) is 14.0 Å². The molecule has 0 saturated carbocycles. The third-order valence-corrected chi connectivity index (χ3v) is 11.9. The zero-order chi connectivity index (χ0) is 17.8. The van der Waals surface area contributed by atoms with Crippen LogP contribution < -0.4 is 0 Å². The van der Waals surface area contributed by atoms with E-state index in [2.05, 4.69) is 0 Å². The minimum absolute atomic E-state index is 0.0671. The summed E-state index contributed by atoms with van der Waals surface area (Å²) in [6.45, 7) is -0.00940. The highest BCUT2D eigenvalue weighted by atomic mass is 32.7. The molecule has 0 aliphatic heterocycles. The van der Waals surface area contributed by atoms with Crippen molar-refractivity contribution in [1.82, 2.24) is 8.75 Å². The average Bonchev–Trinajstić information content (AvgIpc) is 2.44. The van der Waals surface area contributed by atoms with E-state index in [-0.39, 0.29) is 17.6 Å². The predicted molar refractivity (Wildman–Crippen MR) is 95.9 cm³/mol. The summed E-state index contributed by atoms with van der Waals surface area (Å²) in [4.78, 5) is 12.5. The van der Waals surface area contributed by atoms with Crippen LogP contribution in [-0.4, -0.2) is 48.7 Å². The molecule has 1 unspecified atom stereocenters. The fourth-order valence-corrected chi connectivity index (χ4v) is 9.38. The summed E-state index contributed by atoms with van der Waals surface area (Å²) < 4.78 is 38.9. The summed E-state index contributed by atoms with van der Waals surface area (Å²) >= 11 is 0.991. The maximum absolute atomic E-state index is 13.3. The molecular formula is C14H23N2O4PS2. The van der Waals surface area contributed by atoms with Crippen LogP contribution in [0.4, 0.5) is 0 Å². The van der Waals surface area contributed by atoms with Gasteiger partial charge in [-0.25, -0.2) is 8.42 Å². The van der Waals surface area contributed by atoms with Gasteiger partial charge < -0.3 is 0 Å². The largest absolute Gasteiger partial charge is 0.310 e. The molecule has 23 heavy (non-hydrogen) atoms. The van der Waals surface area contributed by atoms with Crippen LogP contribution in [0.1, 0.15) is 19.4 Å². The molecule has 9 heteroatoms. The van der Waals surface area contributed by atoms with Gasteiger partial charge in [0.1, 0.15) is 0 Å². The van der Waals surface area contributed by atoms with Crippen LogP contribution in [0.25, 0.3) is 0 Å². The highest BCUT2D eigenvalue weighted by molar-refractivity contribution is 8.58. The van der Waals surface area contributed by atoms with Crippen molar-refractivity contribution in [2.24, 2.45) is 0 Å². The summed E-state index contributed by atoms with van der Waals surface area (Å²) in [7, 11) is -1.06. The molecule has 0 heterocycles. The minimum Gasteiger partial charge on any atom is -0.275 e. The highest BCUT2D eigenvalue weighted by Crippen LogP contribution is 2.65. The maximum Gasteiger partial charge on any atom is 0.310 e. The average molecular weight is 378 g/mol. The van der Waals surface area contributed by atoms with Crippen molar-refractivity contribution < 1.29 is 17.8 Å². The fraction of sp³-hybridized carbons (Fsp3) is 0.500. The Kier molecular flexibility index (Phi) is 6.89. The monoisotopic (exact) mass is 378 g/mol. The van der Waals surface area contributed by atoms with Crippen LogP contribution in [0.3, 0.4) is 0 Å². The second kappa shape index (κ2) is 7.83. The number of likely N-dealkylation sites (N-methyl/N-ethyl adjacent to an activating group) is 1. The van der Waals surface area contributed by atoms with Crippen molar-refractivity contribution >= 4 is 34.0 Å². The van der Waals surface area contributed by atoms with Crippen molar-refractivity contribution in [3.8, 4) is 0 Å². The van der Waals surface area contributed by atoms with E-state index in [1.807, 2.05) is 32.0 Å². The number of hydrogen-bond donors (Lipinski definition) is 0. The molecule has 0 radical (unpaired) electrons. The molecule has 0 bridgehead atoms. The predicted octanol–water partition coefficient (Wildman–Crippen LogP) is 2.83. The van der Waals surface area contributed by atoms with Gasteiger partial charge in [0.25, 0.3) is 0 Å². The number of carbonyl (C=O) groups excluding carboxylic acids is 1. The standard InChI is InChI=1S/C14H23N2O4PS2/c1-12(2)22-21(18,16(4)23(5,19)20)15(3)14(17)11-13-9-7-6-8-10-13/h6-10,12H,11H2,1-5H3. The minimum atomic E-state index is -3.70. The van der Waals surface area contributed by atoms with E-state index in [1.165, 1.54) is 14.1 Å². The quantitative estimate of drug-likeness (QED) is 0.682. The number of carbonyl (C=O) groups is 1. The SMILES string of the molecule is CC(C)SP(=O)(N(C)C(=O)Cc1ccccc1)N(C)S(C)(=O)=O. The van der Waals surface area contributed by atoms with Crippen molar-refractivity contribution in [3.05, 3.63) is 35.9 Å². The van der Waals surface area contributed by atoms with E-state index in [1.54, 1.807) is 12.1 Å². The highest BCUT2D eigenvalue weighted by Gasteiger charge is 2.41. The van der Waals surface area contributed by atoms with E-state index in [4.69, 9.17) is 0 Å². The Labute approximate surface area is 142 Å². The Morgan fingerprint density at radius 2 is 1.74 bits per heavy atom. The molecule has 0 N–H and O–H groups in total. The summed E-state index contributed by atoms with van der Waals surface area (Å²) in [5.74, 6) is -0.386.